The number of hydrogen-bond donors (Lipinski definition) is 1. The molecule has 7 heteroatoms. The lowest BCUT2D eigenvalue weighted by molar-refractivity contribution is -0.125. The minimum atomic E-state index is 0.0262. The van der Waals surface area contributed by atoms with E-state index in [2.05, 4.69) is 51.5 Å². The predicted octanol–water partition coefficient (Wildman–Crippen LogP) is 3.63. The number of aromatic nitrogens is 2. The summed E-state index contributed by atoms with van der Waals surface area (Å²) in [5.41, 5.74) is 3.36. The first-order valence-corrected chi connectivity index (χ1v) is 10.7. The van der Waals surface area contributed by atoms with Gasteiger partial charge in [0.2, 0.25) is 11.7 Å². The van der Waals surface area contributed by atoms with Crippen LogP contribution in [-0.4, -0.2) is 42.8 Å². The summed E-state index contributed by atoms with van der Waals surface area (Å²) in [6.45, 7) is 4.18. The van der Waals surface area contributed by atoms with Gasteiger partial charge in [0, 0.05) is 31.1 Å². The molecule has 4 rings (SSSR count). The first-order valence-electron chi connectivity index (χ1n) is 10.7. The van der Waals surface area contributed by atoms with E-state index in [0.29, 0.717) is 18.4 Å². The number of ether oxygens (including phenoxy) is 1. The molecule has 162 valence electrons. The van der Waals surface area contributed by atoms with Crippen molar-refractivity contribution in [3.63, 3.8) is 0 Å². The molecule has 0 spiro atoms. The molecule has 1 fully saturated rings. The van der Waals surface area contributed by atoms with Gasteiger partial charge in [-0.1, -0.05) is 35.0 Å². The molecule has 3 aromatic rings. The second-order valence-electron chi connectivity index (χ2n) is 7.92. The first kappa shape index (κ1) is 20.9. The Hall–Kier alpha value is -3.35. The maximum absolute atomic E-state index is 12.5. The topological polar surface area (TPSA) is 80.5 Å². The summed E-state index contributed by atoms with van der Waals surface area (Å²) in [6.07, 6.45) is 2.40. The zero-order chi connectivity index (χ0) is 21.6. The molecule has 1 amide bonds. The van der Waals surface area contributed by atoms with Crippen LogP contribution in [0.4, 0.5) is 6.01 Å². The lowest BCUT2D eigenvalue weighted by atomic mass is 9.96. The summed E-state index contributed by atoms with van der Waals surface area (Å²) in [5.74, 6) is 1.50. The number of amides is 1. The fraction of sp³-hybridized carbons (Fsp3) is 0.375. The van der Waals surface area contributed by atoms with Crippen LogP contribution in [0.2, 0.25) is 0 Å². The smallest absolute Gasteiger partial charge is 0.324 e. The fourth-order valence-corrected chi connectivity index (χ4v) is 3.76. The maximum atomic E-state index is 12.5. The average Bonchev–Trinajstić information content (AvgIpc) is 3.31. The Morgan fingerprint density at radius 1 is 1.13 bits per heavy atom. The van der Waals surface area contributed by atoms with Gasteiger partial charge in [0.15, 0.2) is 0 Å². The van der Waals surface area contributed by atoms with Crippen molar-refractivity contribution in [1.29, 1.82) is 0 Å². The molecule has 31 heavy (non-hydrogen) atoms. The van der Waals surface area contributed by atoms with Crippen molar-refractivity contribution in [2.75, 3.05) is 31.6 Å². The van der Waals surface area contributed by atoms with Crippen LogP contribution in [0, 0.1) is 12.8 Å². The van der Waals surface area contributed by atoms with Crippen LogP contribution in [0.5, 0.6) is 5.75 Å². The molecular weight excluding hydrogens is 392 g/mol. The lowest BCUT2D eigenvalue weighted by Gasteiger charge is -2.29. The third kappa shape index (κ3) is 5.23. The van der Waals surface area contributed by atoms with Gasteiger partial charge >= 0.3 is 6.01 Å². The monoisotopic (exact) mass is 420 g/mol. The Kier molecular flexibility index (Phi) is 6.50. The van der Waals surface area contributed by atoms with Crippen LogP contribution in [-0.2, 0) is 11.2 Å². The molecule has 0 aliphatic carbocycles. The Morgan fingerprint density at radius 3 is 2.52 bits per heavy atom. The Bertz CT molecular complexity index is 990. The van der Waals surface area contributed by atoms with E-state index in [-0.39, 0.29) is 11.8 Å². The largest absolute Gasteiger partial charge is 0.497 e. The van der Waals surface area contributed by atoms with Crippen molar-refractivity contribution in [3.05, 3.63) is 59.7 Å². The van der Waals surface area contributed by atoms with Crippen LogP contribution in [0.3, 0.4) is 0 Å². The van der Waals surface area contributed by atoms with Crippen molar-refractivity contribution < 1.29 is 14.1 Å². The van der Waals surface area contributed by atoms with E-state index >= 15 is 0 Å². The number of carbonyl (C=O) groups is 1. The molecule has 1 aliphatic heterocycles. The van der Waals surface area contributed by atoms with Gasteiger partial charge in [-0.3, -0.25) is 4.79 Å². The molecule has 0 saturated carbocycles. The molecule has 0 unspecified atom stereocenters. The van der Waals surface area contributed by atoms with Crippen LogP contribution in [0.15, 0.2) is 53.1 Å². The van der Waals surface area contributed by atoms with Crippen molar-refractivity contribution in [2.24, 2.45) is 5.92 Å². The quantitative estimate of drug-likeness (QED) is 0.629. The van der Waals surface area contributed by atoms with Gasteiger partial charge in [0.1, 0.15) is 5.75 Å². The second kappa shape index (κ2) is 9.64. The number of piperidine rings is 1. The zero-order valence-corrected chi connectivity index (χ0v) is 18.0. The van der Waals surface area contributed by atoms with Crippen molar-refractivity contribution >= 4 is 11.9 Å². The Balaban J connectivity index is 1.25. The molecule has 1 saturated heterocycles. The first-order chi connectivity index (χ1) is 15.1. The molecule has 2 aromatic carbocycles. The van der Waals surface area contributed by atoms with E-state index in [4.69, 9.17) is 9.26 Å². The fourth-order valence-electron chi connectivity index (χ4n) is 3.76. The van der Waals surface area contributed by atoms with Crippen LogP contribution >= 0.6 is 0 Å². The molecule has 0 bridgehead atoms. The number of aryl methyl sites for hydroxylation is 1. The van der Waals surface area contributed by atoms with E-state index in [1.807, 2.05) is 24.3 Å². The van der Waals surface area contributed by atoms with Gasteiger partial charge < -0.3 is 19.5 Å². The van der Waals surface area contributed by atoms with Gasteiger partial charge in [-0.2, -0.15) is 4.98 Å². The Morgan fingerprint density at radius 2 is 1.84 bits per heavy atom. The van der Waals surface area contributed by atoms with Gasteiger partial charge in [0.05, 0.1) is 7.11 Å². The molecule has 0 atom stereocenters. The number of nitrogens with zero attached hydrogens (tertiary/aromatic N) is 3. The minimum Gasteiger partial charge on any atom is -0.497 e. The number of nitrogens with one attached hydrogen (secondary N) is 1. The SMILES string of the molecule is COc1ccc(-c2noc(N3CCC(C(=O)NCCc4ccc(C)cc4)CC3)n2)cc1. The molecule has 1 aromatic heterocycles. The number of hydrogen-bond acceptors (Lipinski definition) is 6. The number of methoxy groups -OCH3 is 1. The number of anilines is 1. The van der Waals surface area contributed by atoms with E-state index in [1.54, 1.807) is 7.11 Å². The highest BCUT2D eigenvalue weighted by Gasteiger charge is 2.27. The summed E-state index contributed by atoms with van der Waals surface area (Å²) in [4.78, 5) is 19.1. The van der Waals surface area contributed by atoms with Crippen molar-refractivity contribution in [3.8, 4) is 17.1 Å². The van der Waals surface area contributed by atoms with Gasteiger partial charge in [0.25, 0.3) is 0 Å². The molecular formula is C24H28N4O3. The van der Waals surface area contributed by atoms with E-state index in [9.17, 15) is 4.79 Å². The van der Waals surface area contributed by atoms with Gasteiger partial charge in [-0.15, -0.1) is 0 Å². The van der Waals surface area contributed by atoms with Crippen molar-refractivity contribution in [1.82, 2.24) is 15.5 Å². The van der Waals surface area contributed by atoms with Gasteiger partial charge in [-0.05, 0) is 56.0 Å². The summed E-state index contributed by atoms with van der Waals surface area (Å²) >= 11 is 0. The van der Waals surface area contributed by atoms with Crippen LogP contribution in [0.25, 0.3) is 11.4 Å². The Labute approximate surface area is 182 Å². The van der Waals surface area contributed by atoms with Crippen molar-refractivity contribution in [2.45, 2.75) is 26.2 Å². The molecule has 1 N–H and O–H groups in total. The third-order valence-corrected chi connectivity index (χ3v) is 5.73. The number of benzene rings is 2. The second-order valence-corrected chi connectivity index (χ2v) is 7.92. The summed E-state index contributed by atoms with van der Waals surface area (Å²) in [6, 6.07) is 16.5. The average molecular weight is 421 g/mol. The minimum absolute atomic E-state index is 0.0262. The standard InChI is InChI=1S/C24H28N4O3/c1-17-3-5-18(6-4-17)11-14-25-23(29)20-12-15-28(16-13-20)24-26-22(27-31-24)19-7-9-21(30-2)10-8-19/h3-10,20H,11-16H2,1-2H3,(H,25,29). The van der Waals surface area contributed by atoms with E-state index in [0.717, 1.165) is 43.7 Å². The zero-order valence-electron chi connectivity index (χ0n) is 18.0. The third-order valence-electron chi connectivity index (χ3n) is 5.73. The molecule has 0 radical (unpaired) electrons. The normalized spacial score (nSPS) is 14.5. The summed E-state index contributed by atoms with van der Waals surface area (Å²) in [5, 5.41) is 7.18. The molecule has 1 aliphatic rings. The number of rotatable bonds is 7. The highest BCUT2D eigenvalue weighted by Crippen LogP contribution is 2.25. The van der Waals surface area contributed by atoms with Gasteiger partial charge in [-0.25, -0.2) is 0 Å². The maximum Gasteiger partial charge on any atom is 0.324 e. The highest BCUT2D eigenvalue weighted by molar-refractivity contribution is 5.79. The molecule has 2 heterocycles. The lowest BCUT2D eigenvalue weighted by Crippen LogP contribution is -2.41. The predicted molar refractivity (Wildman–Crippen MR) is 119 cm³/mol. The summed E-state index contributed by atoms with van der Waals surface area (Å²) in [7, 11) is 1.63. The highest BCUT2D eigenvalue weighted by atomic mass is 16.5. The van der Waals surface area contributed by atoms with Crippen LogP contribution < -0.4 is 15.0 Å². The summed E-state index contributed by atoms with van der Waals surface area (Å²) < 4.78 is 10.6. The molecule has 7 nitrogen and oxygen atoms in total. The van der Waals surface area contributed by atoms with Crippen LogP contribution in [0.1, 0.15) is 24.0 Å². The number of carbonyl (C=O) groups excluding carboxylic acids is 1. The van der Waals surface area contributed by atoms with E-state index < -0.39 is 0 Å². The van der Waals surface area contributed by atoms with E-state index in [1.165, 1.54) is 11.1 Å².